The second kappa shape index (κ2) is 8.86. The molecule has 1 heterocycles. The SMILES string of the molecule is CC[C@@H](C)Oc1cccc(C(=O)NC(=S)Nc2nc3cc(Cl)c(C)cc3s2)c1. The van der Waals surface area contributed by atoms with Crippen molar-refractivity contribution in [3.63, 3.8) is 0 Å². The van der Waals surface area contributed by atoms with E-state index in [2.05, 4.69) is 15.6 Å². The molecule has 1 amide bonds. The number of hydrogen-bond acceptors (Lipinski definition) is 5. The van der Waals surface area contributed by atoms with Crippen molar-refractivity contribution in [2.75, 3.05) is 5.32 Å². The number of fused-ring (bicyclic) bond motifs is 1. The van der Waals surface area contributed by atoms with Crippen LogP contribution >= 0.6 is 35.2 Å². The van der Waals surface area contributed by atoms with Gasteiger partial charge >= 0.3 is 0 Å². The number of nitrogens with one attached hydrogen (secondary N) is 2. The highest BCUT2D eigenvalue weighted by Crippen LogP contribution is 2.30. The fourth-order valence-corrected chi connectivity index (χ4v) is 3.80. The number of amides is 1. The van der Waals surface area contributed by atoms with Gasteiger partial charge in [-0.15, -0.1) is 0 Å². The van der Waals surface area contributed by atoms with Crippen molar-refractivity contribution >= 4 is 61.5 Å². The summed E-state index contributed by atoms with van der Waals surface area (Å²) in [6, 6.07) is 10.8. The molecule has 0 bridgehead atoms. The van der Waals surface area contributed by atoms with Crippen molar-refractivity contribution in [1.29, 1.82) is 0 Å². The third-order valence-electron chi connectivity index (χ3n) is 4.12. The number of carbonyl (C=O) groups is 1. The zero-order valence-electron chi connectivity index (χ0n) is 15.7. The molecule has 5 nitrogen and oxygen atoms in total. The monoisotopic (exact) mass is 433 g/mol. The highest BCUT2D eigenvalue weighted by Gasteiger charge is 2.12. The molecule has 0 radical (unpaired) electrons. The quantitative estimate of drug-likeness (QED) is 0.515. The van der Waals surface area contributed by atoms with Crippen LogP contribution in [0.15, 0.2) is 36.4 Å². The van der Waals surface area contributed by atoms with Crippen LogP contribution in [0.1, 0.15) is 36.2 Å². The predicted octanol–water partition coefficient (Wildman–Crippen LogP) is 5.56. The molecule has 28 heavy (non-hydrogen) atoms. The smallest absolute Gasteiger partial charge is 0.257 e. The number of thiazole rings is 1. The van der Waals surface area contributed by atoms with E-state index >= 15 is 0 Å². The first-order chi connectivity index (χ1) is 13.4. The maximum absolute atomic E-state index is 12.5. The average molecular weight is 434 g/mol. The first-order valence-corrected chi connectivity index (χ1v) is 10.4. The van der Waals surface area contributed by atoms with Gasteiger partial charge in [-0.1, -0.05) is 35.9 Å². The fraction of sp³-hybridized carbons (Fsp3) is 0.250. The van der Waals surface area contributed by atoms with E-state index in [1.54, 1.807) is 18.2 Å². The standard InChI is InChI=1S/C20H20ClN3O2S2/c1-4-12(3)26-14-7-5-6-13(9-14)18(25)23-19(27)24-20-22-16-10-15(21)11(2)8-17(16)28-20/h5-10,12H,4H2,1-3H3,(H2,22,23,24,25,27)/t12-/m1/s1. The molecule has 3 aromatic rings. The van der Waals surface area contributed by atoms with E-state index in [4.69, 9.17) is 28.6 Å². The van der Waals surface area contributed by atoms with E-state index in [-0.39, 0.29) is 17.1 Å². The first-order valence-electron chi connectivity index (χ1n) is 8.81. The molecular weight excluding hydrogens is 414 g/mol. The molecule has 2 N–H and O–H groups in total. The van der Waals surface area contributed by atoms with E-state index in [0.29, 0.717) is 21.5 Å². The number of aryl methyl sites for hydroxylation is 1. The molecule has 0 saturated carbocycles. The third kappa shape index (κ3) is 4.98. The molecule has 0 aliphatic carbocycles. The van der Waals surface area contributed by atoms with Crippen LogP contribution in [-0.4, -0.2) is 22.1 Å². The Bertz CT molecular complexity index is 996. The number of rotatable bonds is 5. The van der Waals surface area contributed by atoms with Crippen LogP contribution in [0, 0.1) is 6.92 Å². The van der Waals surface area contributed by atoms with Gasteiger partial charge in [0.15, 0.2) is 10.2 Å². The lowest BCUT2D eigenvalue weighted by Crippen LogP contribution is -2.34. The van der Waals surface area contributed by atoms with Crippen LogP contribution < -0.4 is 15.4 Å². The van der Waals surface area contributed by atoms with Gasteiger partial charge in [0.1, 0.15) is 5.75 Å². The van der Waals surface area contributed by atoms with Gasteiger partial charge in [0.05, 0.1) is 16.3 Å². The van der Waals surface area contributed by atoms with Crippen molar-refractivity contribution in [1.82, 2.24) is 10.3 Å². The van der Waals surface area contributed by atoms with Crippen LogP contribution in [0.5, 0.6) is 5.75 Å². The summed E-state index contributed by atoms with van der Waals surface area (Å²) < 4.78 is 6.75. The lowest BCUT2D eigenvalue weighted by molar-refractivity contribution is 0.0977. The lowest BCUT2D eigenvalue weighted by atomic mass is 10.2. The predicted molar refractivity (Wildman–Crippen MR) is 120 cm³/mol. The van der Waals surface area contributed by atoms with Crippen LogP contribution in [0.2, 0.25) is 5.02 Å². The summed E-state index contributed by atoms with van der Waals surface area (Å²) in [4.78, 5) is 16.9. The number of aromatic nitrogens is 1. The maximum atomic E-state index is 12.5. The Kier molecular flexibility index (Phi) is 6.49. The molecule has 0 fully saturated rings. The largest absolute Gasteiger partial charge is 0.491 e. The van der Waals surface area contributed by atoms with Crippen molar-refractivity contribution in [3.05, 3.63) is 52.5 Å². The summed E-state index contributed by atoms with van der Waals surface area (Å²) in [5.74, 6) is 0.339. The molecule has 0 aliphatic heterocycles. The highest BCUT2D eigenvalue weighted by atomic mass is 35.5. The average Bonchev–Trinajstić information content (AvgIpc) is 3.02. The Morgan fingerprint density at radius 2 is 2.14 bits per heavy atom. The lowest BCUT2D eigenvalue weighted by Gasteiger charge is -2.13. The fourth-order valence-electron chi connectivity index (χ4n) is 2.43. The molecule has 146 valence electrons. The molecule has 3 rings (SSSR count). The van der Waals surface area contributed by atoms with Gasteiger partial charge in [0.25, 0.3) is 5.91 Å². The van der Waals surface area contributed by atoms with E-state index in [1.807, 2.05) is 39.0 Å². The Hall–Kier alpha value is -2.22. The molecule has 0 aliphatic rings. The number of benzene rings is 2. The van der Waals surface area contributed by atoms with Crippen LogP contribution in [0.3, 0.4) is 0 Å². The Morgan fingerprint density at radius 3 is 2.89 bits per heavy atom. The number of thiocarbonyl (C=S) groups is 1. The minimum Gasteiger partial charge on any atom is -0.491 e. The summed E-state index contributed by atoms with van der Waals surface area (Å²) in [7, 11) is 0. The maximum Gasteiger partial charge on any atom is 0.257 e. The van der Waals surface area contributed by atoms with Gasteiger partial charge in [-0.3, -0.25) is 10.1 Å². The molecule has 1 atom stereocenters. The molecule has 2 aromatic carbocycles. The van der Waals surface area contributed by atoms with Crippen molar-refractivity contribution < 1.29 is 9.53 Å². The molecular formula is C20H20ClN3O2S2. The van der Waals surface area contributed by atoms with Crippen molar-refractivity contribution in [3.8, 4) is 5.75 Å². The number of nitrogens with zero attached hydrogens (tertiary/aromatic N) is 1. The van der Waals surface area contributed by atoms with Gasteiger partial charge in [-0.25, -0.2) is 4.98 Å². The first kappa shape index (κ1) is 20.5. The van der Waals surface area contributed by atoms with Crippen molar-refractivity contribution in [2.24, 2.45) is 0 Å². The molecule has 0 spiro atoms. The summed E-state index contributed by atoms with van der Waals surface area (Å²) >= 11 is 12.8. The van der Waals surface area contributed by atoms with Gasteiger partial charge in [0, 0.05) is 10.6 Å². The number of hydrogen-bond donors (Lipinski definition) is 2. The molecule has 8 heteroatoms. The highest BCUT2D eigenvalue weighted by molar-refractivity contribution is 7.80. The van der Waals surface area contributed by atoms with E-state index in [0.717, 1.165) is 22.2 Å². The number of carbonyl (C=O) groups excluding carboxylic acids is 1. The topological polar surface area (TPSA) is 63.2 Å². The summed E-state index contributed by atoms with van der Waals surface area (Å²) in [6.45, 7) is 5.97. The summed E-state index contributed by atoms with van der Waals surface area (Å²) in [6.07, 6.45) is 0.967. The molecule has 1 aromatic heterocycles. The van der Waals surface area contributed by atoms with Crippen LogP contribution in [-0.2, 0) is 0 Å². The van der Waals surface area contributed by atoms with E-state index in [1.165, 1.54) is 11.3 Å². The Morgan fingerprint density at radius 1 is 1.36 bits per heavy atom. The molecule has 0 saturated heterocycles. The van der Waals surface area contributed by atoms with Crippen molar-refractivity contribution in [2.45, 2.75) is 33.3 Å². The third-order valence-corrected chi connectivity index (χ3v) is 5.67. The number of halogens is 1. The Balaban J connectivity index is 1.66. The van der Waals surface area contributed by atoms with Gasteiger partial charge in [0.2, 0.25) is 0 Å². The second-order valence-corrected chi connectivity index (χ2v) is 8.21. The van der Waals surface area contributed by atoms with E-state index in [9.17, 15) is 4.79 Å². The van der Waals surface area contributed by atoms with Crippen LogP contribution in [0.4, 0.5) is 5.13 Å². The zero-order valence-corrected chi connectivity index (χ0v) is 18.1. The summed E-state index contributed by atoms with van der Waals surface area (Å²) in [5.41, 5.74) is 2.24. The van der Waals surface area contributed by atoms with Gasteiger partial charge < -0.3 is 10.1 Å². The van der Waals surface area contributed by atoms with E-state index < -0.39 is 0 Å². The van der Waals surface area contributed by atoms with Gasteiger partial charge in [-0.2, -0.15) is 0 Å². The minimum atomic E-state index is -0.313. The van der Waals surface area contributed by atoms with Gasteiger partial charge in [-0.05, 0) is 68.4 Å². The molecule has 0 unspecified atom stereocenters. The number of ether oxygens (including phenoxy) is 1. The van der Waals surface area contributed by atoms with Crippen LogP contribution in [0.25, 0.3) is 10.2 Å². The summed E-state index contributed by atoms with van der Waals surface area (Å²) in [5, 5.41) is 7.07. The Labute approximate surface area is 178 Å². The zero-order chi connectivity index (χ0) is 20.3. The number of anilines is 1. The second-order valence-electron chi connectivity index (χ2n) is 6.36. The minimum absolute atomic E-state index is 0.0808. The normalized spacial score (nSPS) is 11.9.